The molecule has 0 radical (unpaired) electrons. The molecule has 0 fully saturated rings. The van der Waals surface area contributed by atoms with Gasteiger partial charge in [0.05, 0.1) is 0 Å². The molecule has 0 unspecified atom stereocenters. The first-order valence-corrected chi connectivity index (χ1v) is 8.14. The second-order valence-electron chi connectivity index (χ2n) is 2.84. The Morgan fingerprint density at radius 3 is 2.40 bits per heavy atom. The van der Waals surface area contributed by atoms with Crippen molar-refractivity contribution in [3.8, 4) is 0 Å². The van der Waals surface area contributed by atoms with Gasteiger partial charge in [0.25, 0.3) is 0 Å². The Balaban J connectivity index is 3.04. The van der Waals surface area contributed by atoms with Gasteiger partial charge in [-0.1, -0.05) is 24.7 Å². The molecule has 10 heavy (non-hydrogen) atoms. The maximum absolute atomic E-state index is 6.06. The van der Waals surface area contributed by atoms with E-state index in [2.05, 4.69) is 13.1 Å². The van der Waals surface area contributed by atoms with Gasteiger partial charge in [-0.2, -0.15) is 11.1 Å². The van der Waals surface area contributed by atoms with Gasteiger partial charge < -0.3 is 4.74 Å². The van der Waals surface area contributed by atoms with Crippen LogP contribution in [0.5, 0.6) is 0 Å². The topological polar surface area (TPSA) is 9.23 Å². The molecule has 0 heterocycles. The van der Waals surface area contributed by atoms with Crippen molar-refractivity contribution < 1.29 is 4.74 Å². The maximum atomic E-state index is 6.06. The van der Waals surface area contributed by atoms with E-state index in [-0.39, 0.29) is 0 Å². The average molecular weight is 201 g/mol. The van der Waals surface area contributed by atoms with Gasteiger partial charge in [0.1, 0.15) is 6.07 Å². The van der Waals surface area contributed by atoms with Crippen molar-refractivity contribution in [2.24, 2.45) is 0 Å². The van der Waals surface area contributed by atoms with Crippen molar-refractivity contribution in [1.82, 2.24) is 0 Å². The molecule has 0 amide bonds. The van der Waals surface area contributed by atoms with E-state index in [1.54, 1.807) is 0 Å². The van der Waals surface area contributed by atoms with Gasteiger partial charge in [0.2, 0.25) is 0 Å². The van der Waals surface area contributed by atoms with Crippen LogP contribution in [0.2, 0.25) is 19.1 Å². The van der Waals surface area contributed by atoms with Crippen molar-refractivity contribution in [3.05, 3.63) is 0 Å². The highest BCUT2D eigenvalue weighted by molar-refractivity contribution is 7.19. The molecule has 1 nitrogen and oxygen atoms in total. The molecule has 0 aromatic heterocycles. The Morgan fingerprint density at radius 1 is 1.40 bits per heavy atom. The lowest BCUT2D eigenvalue weighted by atomic mass is 10.5. The smallest absolute Gasteiger partial charge is 0.150 e. The first-order chi connectivity index (χ1) is 4.56. The fourth-order valence-electron chi connectivity index (χ4n) is 0.649. The average Bonchev–Trinajstić information content (AvgIpc) is 1.78. The lowest BCUT2D eigenvalue weighted by Gasteiger charge is -2.11. The SMILES string of the molecule is C[Si](C)(Cl)CCCOCCl. The first kappa shape index (κ1) is 10.8. The monoisotopic (exact) mass is 200 g/mol. The molecule has 0 atom stereocenters. The van der Waals surface area contributed by atoms with Crippen LogP contribution < -0.4 is 0 Å². The van der Waals surface area contributed by atoms with Crippen molar-refractivity contribution in [1.29, 1.82) is 0 Å². The number of ether oxygens (including phenoxy) is 1. The second-order valence-corrected chi connectivity index (χ2v) is 10.1. The van der Waals surface area contributed by atoms with E-state index in [4.69, 9.17) is 27.4 Å². The lowest BCUT2D eigenvalue weighted by Crippen LogP contribution is -2.16. The van der Waals surface area contributed by atoms with Crippen LogP contribution in [-0.2, 0) is 4.74 Å². The van der Waals surface area contributed by atoms with Gasteiger partial charge in [-0.3, -0.25) is 0 Å². The minimum atomic E-state index is -1.36. The van der Waals surface area contributed by atoms with Gasteiger partial charge in [-0.05, 0) is 12.5 Å². The summed E-state index contributed by atoms with van der Waals surface area (Å²) in [5.74, 6) is 0. The molecule has 0 aromatic rings. The van der Waals surface area contributed by atoms with Crippen LogP contribution in [0.25, 0.3) is 0 Å². The molecule has 0 aliphatic rings. The van der Waals surface area contributed by atoms with Crippen molar-refractivity contribution in [2.75, 3.05) is 12.7 Å². The van der Waals surface area contributed by atoms with E-state index in [0.717, 1.165) is 19.1 Å². The Labute approximate surface area is 73.4 Å². The normalized spacial score (nSPS) is 12.0. The fourth-order valence-corrected chi connectivity index (χ4v) is 2.14. The predicted molar refractivity (Wildman–Crippen MR) is 49.4 cm³/mol. The second kappa shape index (κ2) is 5.41. The van der Waals surface area contributed by atoms with Crippen molar-refractivity contribution >= 4 is 30.1 Å². The van der Waals surface area contributed by atoms with E-state index < -0.39 is 7.38 Å². The van der Waals surface area contributed by atoms with Gasteiger partial charge in [0.15, 0.2) is 7.38 Å². The van der Waals surface area contributed by atoms with Crippen LogP contribution in [0.1, 0.15) is 6.42 Å². The summed E-state index contributed by atoms with van der Waals surface area (Å²) >= 11 is 11.4. The molecule has 0 bridgehead atoms. The molecule has 0 aromatic carbocycles. The standard InChI is InChI=1S/C6H14Cl2OSi/c1-10(2,8)5-3-4-9-6-7/h3-6H2,1-2H3. The van der Waals surface area contributed by atoms with Gasteiger partial charge in [-0.15, -0.1) is 0 Å². The molecular weight excluding hydrogens is 187 g/mol. The maximum Gasteiger partial charge on any atom is 0.150 e. The predicted octanol–water partition coefficient (Wildman–Crippen LogP) is 3.03. The van der Waals surface area contributed by atoms with E-state index in [9.17, 15) is 0 Å². The van der Waals surface area contributed by atoms with Crippen LogP contribution in [0, 0.1) is 0 Å². The minimum absolute atomic E-state index is 0.296. The van der Waals surface area contributed by atoms with E-state index in [1.165, 1.54) is 0 Å². The molecule has 4 heteroatoms. The highest BCUT2D eigenvalue weighted by atomic mass is 35.6. The molecule has 0 rings (SSSR count). The minimum Gasteiger partial charge on any atom is -0.366 e. The molecule has 0 spiro atoms. The van der Waals surface area contributed by atoms with E-state index >= 15 is 0 Å². The third-order valence-electron chi connectivity index (χ3n) is 1.14. The van der Waals surface area contributed by atoms with Crippen LogP contribution in [0.4, 0.5) is 0 Å². The summed E-state index contributed by atoms with van der Waals surface area (Å²) in [5, 5.41) is 0. The largest absolute Gasteiger partial charge is 0.366 e. The number of hydrogen-bond donors (Lipinski definition) is 0. The molecule has 0 saturated carbocycles. The Morgan fingerprint density at radius 2 is 2.00 bits per heavy atom. The van der Waals surface area contributed by atoms with Crippen molar-refractivity contribution in [3.63, 3.8) is 0 Å². The number of alkyl halides is 1. The highest BCUT2D eigenvalue weighted by Crippen LogP contribution is 2.15. The van der Waals surface area contributed by atoms with Gasteiger partial charge in [-0.25, -0.2) is 0 Å². The quantitative estimate of drug-likeness (QED) is 0.287. The lowest BCUT2D eigenvalue weighted by molar-refractivity contribution is 0.179. The summed E-state index contributed by atoms with van der Waals surface area (Å²) in [5.41, 5.74) is 0. The zero-order valence-electron chi connectivity index (χ0n) is 6.49. The van der Waals surface area contributed by atoms with E-state index in [1.807, 2.05) is 0 Å². The summed E-state index contributed by atoms with van der Waals surface area (Å²) in [6, 6.07) is 1.40. The first-order valence-electron chi connectivity index (χ1n) is 3.39. The third-order valence-corrected chi connectivity index (χ3v) is 3.40. The molecule has 0 saturated heterocycles. The third kappa shape index (κ3) is 8.76. The van der Waals surface area contributed by atoms with Crippen LogP contribution in [0.15, 0.2) is 0 Å². The summed E-state index contributed by atoms with van der Waals surface area (Å²) in [6.45, 7) is 5.01. The van der Waals surface area contributed by atoms with Crippen LogP contribution in [0.3, 0.4) is 0 Å². The fraction of sp³-hybridized carbons (Fsp3) is 1.00. The summed E-state index contributed by atoms with van der Waals surface area (Å²) in [4.78, 5) is 0. The number of hydrogen-bond acceptors (Lipinski definition) is 1. The van der Waals surface area contributed by atoms with Gasteiger partial charge in [0, 0.05) is 6.61 Å². The number of halogens is 2. The summed E-state index contributed by atoms with van der Waals surface area (Å²) in [7, 11) is -1.36. The van der Waals surface area contributed by atoms with E-state index in [0.29, 0.717) is 6.07 Å². The van der Waals surface area contributed by atoms with Crippen molar-refractivity contribution in [2.45, 2.75) is 25.6 Å². The number of rotatable bonds is 5. The highest BCUT2D eigenvalue weighted by Gasteiger charge is 2.15. The Bertz CT molecular complexity index is 82.3. The summed E-state index contributed by atoms with van der Waals surface area (Å²) < 4.78 is 4.96. The van der Waals surface area contributed by atoms with Gasteiger partial charge >= 0.3 is 0 Å². The molecule has 62 valence electrons. The Hall–Kier alpha value is 0.757. The molecule has 0 aliphatic carbocycles. The molecular formula is C6H14Cl2OSi. The summed E-state index contributed by atoms with van der Waals surface area (Å²) in [6.07, 6.45) is 1.04. The zero-order chi connectivity index (χ0) is 8.04. The van der Waals surface area contributed by atoms with Crippen LogP contribution >= 0.6 is 22.7 Å². The van der Waals surface area contributed by atoms with Crippen LogP contribution in [-0.4, -0.2) is 20.1 Å². The Kier molecular flexibility index (Phi) is 5.82. The zero-order valence-corrected chi connectivity index (χ0v) is 9.00. The molecule has 0 aliphatic heterocycles. The molecule has 0 N–H and O–H groups in total.